The molecule has 2 aromatic heterocycles. The second-order valence-corrected chi connectivity index (χ2v) is 3.85. The van der Waals surface area contributed by atoms with Crippen LogP contribution in [0.2, 0.25) is 0 Å². The number of aromatic nitrogens is 3. The molecule has 1 unspecified atom stereocenters. The lowest BCUT2D eigenvalue weighted by Crippen LogP contribution is -2.17. The number of hydrogen-bond acceptors (Lipinski definition) is 5. The van der Waals surface area contributed by atoms with E-state index in [1.54, 1.807) is 30.7 Å². The Balaban J connectivity index is 2.38. The van der Waals surface area contributed by atoms with Crippen molar-refractivity contribution in [1.29, 1.82) is 0 Å². The quantitative estimate of drug-likeness (QED) is 0.775. The summed E-state index contributed by atoms with van der Waals surface area (Å²) < 4.78 is 12.0. The molecule has 0 radical (unpaired) electrons. The van der Waals surface area contributed by atoms with Crippen molar-refractivity contribution in [3.05, 3.63) is 35.8 Å². The van der Waals surface area contributed by atoms with Gasteiger partial charge in [-0.3, -0.25) is 4.57 Å². The molecule has 0 amide bonds. The number of rotatable bonds is 4. The number of aryl methyl sites for hydroxylation is 1. The molecular weight excluding hydrogens is 234 g/mol. The molecule has 0 aliphatic carbocycles. The van der Waals surface area contributed by atoms with Gasteiger partial charge in [0, 0.05) is 0 Å². The van der Waals surface area contributed by atoms with Gasteiger partial charge in [-0.25, -0.2) is 4.79 Å². The SMILES string of the molecule is CCOC(=O)c1nnc(C)n1C(C)c1ccco1. The summed E-state index contributed by atoms with van der Waals surface area (Å²) in [6, 6.07) is 3.49. The zero-order valence-electron chi connectivity index (χ0n) is 10.6. The van der Waals surface area contributed by atoms with Crippen molar-refractivity contribution in [2.24, 2.45) is 0 Å². The normalized spacial score (nSPS) is 12.4. The number of ether oxygens (including phenoxy) is 1. The molecule has 0 aliphatic rings. The highest BCUT2D eigenvalue weighted by atomic mass is 16.5. The van der Waals surface area contributed by atoms with E-state index < -0.39 is 5.97 Å². The van der Waals surface area contributed by atoms with Crippen molar-refractivity contribution in [3.8, 4) is 0 Å². The standard InChI is InChI=1S/C12H15N3O3/c1-4-17-12(16)11-14-13-9(3)15(11)8(2)10-6-5-7-18-10/h5-8H,4H2,1-3H3. The summed E-state index contributed by atoms with van der Waals surface area (Å²) in [5.74, 6) is 1.10. The van der Waals surface area contributed by atoms with Gasteiger partial charge in [-0.2, -0.15) is 0 Å². The van der Waals surface area contributed by atoms with Crippen LogP contribution in [0.4, 0.5) is 0 Å². The van der Waals surface area contributed by atoms with Gasteiger partial charge in [0.05, 0.1) is 18.9 Å². The van der Waals surface area contributed by atoms with Gasteiger partial charge in [0.1, 0.15) is 11.6 Å². The van der Waals surface area contributed by atoms with Crippen LogP contribution in [0.15, 0.2) is 22.8 Å². The minimum absolute atomic E-state index is 0.158. The average Bonchev–Trinajstić information content (AvgIpc) is 2.97. The molecule has 0 N–H and O–H groups in total. The highest BCUT2D eigenvalue weighted by Gasteiger charge is 2.23. The molecule has 0 saturated carbocycles. The zero-order chi connectivity index (χ0) is 13.1. The fourth-order valence-electron chi connectivity index (χ4n) is 1.82. The third-order valence-corrected chi connectivity index (χ3v) is 2.67. The Morgan fingerprint density at radius 1 is 1.56 bits per heavy atom. The maximum Gasteiger partial charge on any atom is 0.376 e. The predicted molar refractivity (Wildman–Crippen MR) is 63.2 cm³/mol. The minimum atomic E-state index is -0.475. The number of carbonyl (C=O) groups is 1. The first-order valence-electron chi connectivity index (χ1n) is 5.77. The largest absolute Gasteiger partial charge is 0.467 e. The summed E-state index contributed by atoms with van der Waals surface area (Å²) in [6.07, 6.45) is 1.59. The van der Waals surface area contributed by atoms with Crippen molar-refractivity contribution >= 4 is 5.97 Å². The van der Waals surface area contributed by atoms with E-state index in [2.05, 4.69) is 10.2 Å². The fraction of sp³-hybridized carbons (Fsp3) is 0.417. The third-order valence-electron chi connectivity index (χ3n) is 2.67. The molecule has 0 saturated heterocycles. The first kappa shape index (κ1) is 12.3. The molecule has 18 heavy (non-hydrogen) atoms. The lowest BCUT2D eigenvalue weighted by molar-refractivity contribution is 0.0504. The van der Waals surface area contributed by atoms with Crippen LogP contribution in [0, 0.1) is 6.92 Å². The van der Waals surface area contributed by atoms with E-state index >= 15 is 0 Å². The van der Waals surface area contributed by atoms with Crippen LogP contribution in [-0.2, 0) is 4.74 Å². The van der Waals surface area contributed by atoms with Gasteiger partial charge in [-0.05, 0) is 32.9 Å². The Kier molecular flexibility index (Phi) is 3.45. The second kappa shape index (κ2) is 5.03. The van der Waals surface area contributed by atoms with Crippen molar-refractivity contribution < 1.29 is 13.9 Å². The van der Waals surface area contributed by atoms with E-state index in [-0.39, 0.29) is 11.9 Å². The molecule has 2 rings (SSSR count). The lowest BCUT2D eigenvalue weighted by atomic mass is 10.2. The minimum Gasteiger partial charge on any atom is -0.467 e. The average molecular weight is 249 g/mol. The Morgan fingerprint density at radius 2 is 2.33 bits per heavy atom. The monoisotopic (exact) mass is 249 g/mol. The van der Waals surface area contributed by atoms with Crippen LogP contribution >= 0.6 is 0 Å². The molecule has 1 atom stereocenters. The number of esters is 1. The maximum absolute atomic E-state index is 11.8. The van der Waals surface area contributed by atoms with Gasteiger partial charge in [0.25, 0.3) is 0 Å². The predicted octanol–water partition coefficient (Wildman–Crippen LogP) is 1.97. The lowest BCUT2D eigenvalue weighted by Gasteiger charge is -2.14. The van der Waals surface area contributed by atoms with Crippen LogP contribution in [0.1, 0.15) is 42.1 Å². The zero-order valence-corrected chi connectivity index (χ0v) is 10.6. The topological polar surface area (TPSA) is 70.2 Å². The maximum atomic E-state index is 11.8. The van der Waals surface area contributed by atoms with Gasteiger partial charge in [0.2, 0.25) is 5.82 Å². The van der Waals surface area contributed by atoms with Crippen molar-refractivity contribution in [2.45, 2.75) is 26.8 Å². The van der Waals surface area contributed by atoms with E-state index in [0.717, 1.165) is 5.76 Å². The molecule has 0 spiro atoms. The van der Waals surface area contributed by atoms with Crippen molar-refractivity contribution in [3.63, 3.8) is 0 Å². The van der Waals surface area contributed by atoms with Crippen LogP contribution in [0.5, 0.6) is 0 Å². The number of furan rings is 1. The number of hydrogen-bond donors (Lipinski definition) is 0. The first-order valence-corrected chi connectivity index (χ1v) is 5.77. The van der Waals surface area contributed by atoms with Gasteiger partial charge < -0.3 is 9.15 Å². The number of nitrogens with zero attached hydrogens (tertiary/aromatic N) is 3. The molecule has 6 heteroatoms. The Hall–Kier alpha value is -2.11. The molecule has 96 valence electrons. The highest BCUT2D eigenvalue weighted by molar-refractivity contribution is 5.85. The second-order valence-electron chi connectivity index (χ2n) is 3.85. The molecule has 2 aromatic rings. The molecule has 0 aliphatic heterocycles. The van der Waals surface area contributed by atoms with Gasteiger partial charge >= 0.3 is 5.97 Å². The number of carbonyl (C=O) groups excluding carboxylic acids is 1. The van der Waals surface area contributed by atoms with Crippen molar-refractivity contribution in [2.75, 3.05) is 6.61 Å². The Labute approximate surface area is 105 Å². The van der Waals surface area contributed by atoms with Gasteiger partial charge in [0.15, 0.2) is 0 Å². The Bertz CT molecular complexity index is 531. The third kappa shape index (κ3) is 2.13. The summed E-state index contributed by atoms with van der Waals surface area (Å²) in [5, 5.41) is 7.78. The Morgan fingerprint density at radius 3 is 2.94 bits per heavy atom. The summed E-state index contributed by atoms with van der Waals surface area (Å²) in [4.78, 5) is 11.8. The van der Waals surface area contributed by atoms with Gasteiger partial charge in [-0.15, -0.1) is 10.2 Å². The molecule has 0 bridgehead atoms. The van der Waals surface area contributed by atoms with Crippen LogP contribution in [0.3, 0.4) is 0 Å². The molecule has 0 aromatic carbocycles. The van der Waals surface area contributed by atoms with Crippen molar-refractivity contribution in [1.82, 2.24) is 14.8 Å². The fourth-order valence-corrected chi connectivity index (χ4v) is 1.82. The molecule has 2 heterocycles. The molecule has 0 fully saturated rings. The van der Waals surface area contributed by atoms with E-state index in [1.807, 2.05) is 13.0 Å². The van der Waals surface area contributed by atoms with Gasteiger partial charge in [-0.1, -0.05) is 0 Å². The summed E-state index contributed by atoms with van der Waals surface area (Å²) in [7, 11) is 0. The van der Waals surface area contributed by atoms with E-state index in [9.17, 15) is 4.79 Å². The first-order chi connectivity index (χ1) is 8.65. The smallest absolute Gasteiger partial charge is 0.376 e. The van der Waals surface area contributed by atoms with Crippen LogP contribution in [0.25, 0.3) is 0 Å². The highest BCUT2D eigenvalue weighted by Crippen LogP contribution is 2.21. The molecule has 6 nitrogen and oxygen atoms in total. The summed E-state index contributed by atoms with van der Waals surface area (Å²) >= 11 is 0. The summed E-state index contributed by atoms with van der Waals surface area (Å²) in [6.45, 7) is 5.76. The van der Waals surface area contributed by atoms with E-state index in [1.165, 1.54) is 0 Å². The summed E-state index contributed by atoms with van der Waals surface area (Å²) in [5.41, 5.74) is 0. The van der Waals surface area contributed by atoms with Crippen LogP contribution < -0.4 is 0 Å². The molecular formula is C12H15N3O3. The van der Waals surface area contributed by atoms with Crippen LogP contribution in [-0.4, -0.2) is 27.3 Å². The van der Waals surface area contributed by atoms with E-state index in [4.69, 9.17) is 9.15 Å². The van der Waals surface area contributed by atoms with E-state index in [0.29, 0.717) is 12.4 Å².